The first-order chi connectivity index (χ1) is 15.6. The molecule has 0 heterocycles. The number of aliphatic hydroxyl groups excluding tert-OH is 1. The Morgan fingerprint density at radius 1 is 1.09 bits per heavy atom. The van der Waals surface area contributed by atoms with E-state index in [9.17, 15) is 14.7 Å². The zero-order chi connectivity index (χ0) is 24.4. The van der Waals surface area contributed by atoms with Crippen LogP contribution in [-0.2, 0) is 27.2 Å². The topological polar surface area (TPSA) is 99.7 Å². The normalized spacial score (nSPS) is 15.8. The lowest BCUT2D eigenvalue weighted by Gasteiger charge is -2.26. The van der Waals surface area contributed by atoms with Gasteiger partial charge in [0, 0.05) is 36.9 Å². The van der Waals surface area contributed by atoms with E-state index in [2.05, 4.69) is 28.1 Å². The molecule has 182 valence electrons. The highest BCUT2D eigenvalue weighted by atomic mass is 16.5. The minimum atomic E-state index is -0.680. The summed E-state index contributed by atoms with van der Waals surface area (Å²) in [6.07, 6.45) is 4.47. The Hall–Kier alpha value is -2.48. The summed E-state index contributed by atoms with van der Waals surface area (Å²) in [4.78, 5) is 24.7. The molecular weight excluding hydrogens is 418 g/mol. The summed E-state index contributed by atoms with van der Waals surface area (Å²) < 4.78 is 5.39. The zero-order valence-electron chi connectivity index (χ0n) is 20.5. The first-order valence-corrected chi connectivity index (χ1v) is 11.6. The molecule has 0 saturated carbocycles. The zero-order valence-corrected chi connectivity index (χ0v) is 20.5. The highest BCUT2D eigenvalue weighted by molar-refractivity contribution is 5.95. The molecular formula is C26H39N3O4. The van der Waals surface area contributed by atoms with E-state index in [1.54, 1.807) is 26.0 Å². The van der Waals surface area contributed by atoms with Gasteiger partial charge in [0.2, 0.25) is 11.8 Å². The van der Waals surface area contributed by atoms with Crippen LogP contribution in [0.3, 0.4) is 0 Å². The van der Waals surface area contributed by atoms with Gasteiger partial charge in [0.25, 0.3) is 0 Å². The largest absolute Gasteiger partial charge is 0.390 e. The molecule has 0 saturated heterocycles. The van der Waals surface area contributed by atoms with Crippen molar-refractivity contribution in [3.8, 4) is 0 Å². The molecule has 2 rings (SSSR count). The van der Waals surface area contributed by atoms with Crippen molar-refractivity contribution in [3.05, 3.63) is 58.7 Å². The fourth-order valence-corrected chi connectivity index (χ4v) is 3.63. The van der Waals surface area contributed by atoms with Gasteiger partial charge >= 0.3 is 0 Å². The van der Waals surface area contributed by atoms with Crippen molar-refractivity contribution in [2.24, 2.45) is 0 Å². The summed E-state index contributed by atoms with van der Waals surface area (Å²) in [6.45, 7) is 10.7. The number of allylic oxidation sites excluding steroid dienone is 2. The van der Waals surface area contributed by atoms with Crippen LogP contribution < -0.4 is 16.0 Å². The van der Waals surface area contributed by atoms with E-state index in [1.165, 1.54) is 11.1 Å². The molecule has 0 bridgehead atoms. The predicted octanol–water partition coefficient (Wildman–Crippen LogP) is 2.04. The number of ether oxygens (including phenoxy) is 1. The molecule has 1 aliphatic rings. The summed E-state index contributed by atoms with van der Waals surface area (Å²) in [7, 11) is 0. The van der Waals surface area contributed by atoms with Gasteiger partial charge in [0.15, 0.2) is 0 Å². The van der Waals surface area contributed by atoms with E-state index in [4.69, 9.17) is 4.74 Å². The number of benzene rings is 1. The van der Waals surface area contributed by atoms with Gasteiger partial charge in [-0.3, -0.25) is 9.59 Å². The Labute approximate surface area is 197 Å². The number of hydrogen-bond donors (Lipinski definition) is 4. The Morgan fingerprint density at radius 3 is 2.24 bits per heavy atom. The molecule has 1 aromatic carbocycles. The quantitative estimate of drug-likeness (QED) is 0.284. The average Bonchev–Trinajstić information content (AvgIpc) is 3.20. The molecule has 0 aromatic heterocycles. The number of aliphatic hydroxyl groups is 1. The van der Waals surface area contributed by atoms with Crippen molar-refractivity contribution in [2.45, 2.75) is 65.1 Å². The summed E-state index contributed by atoms with van der Waals surface area (Å²) in [5, 5.41) is 19.3. The summed E-state index contributed by atoms with van der Waals surface area (Å²) in [5.41, 5.74) is 3.18. The van der Waals surface area contributed by atoms with Crippen LogP contribution in [0.15, 0.2) is 47.6 Å². The molecule has 1 aromatic rings. The Bertz CT molecular complexity index is 851. The Balaban J connectivity index is 1.73. The maximum Gasteiger partial charge on any atom is 0.247 e. The molecule has 0 fully saturated rings. The van der Waals surface area contributed by atoms with E-state index in [-0.39, 0.29) is 18.4 Å². The lowest BCUT2D eigenvalue weighted by molar-refractivity contribution is -0.120. The predicted molar refractivity (Wildman–Crippen MR) is 131 cm³/mol. The molecule has 1 unspecified atom stereocenters. The Kier molecular flexibility index (Phi) is 10.3. The second-order valence-electron chi connectivity index (χ2n) is 9.32. The molecule has 2 amide bonds. The van der Waals surface area contributed by atoms with E-state index < -0.39 is 11.6 Å². The van der Waals surface area contributed by atoms with Crippen LogP contribution in [0.1, 0.15) is 45.7 Å². The van der Waals surface area contributed by atoms with Crippen LogP contribution in [0.25, 0.3) is 0 Å². The van der Waals surface area contributed by atoms with E-state index >= 15 is 0 Å². The fraction of sp³-hybridized carbons (Fsp3) is 0.538. The Morgan fingerprint density at radius 2 is 1.67 bits per heavy atom. The average molecular weight is 458 g/mol. The van der Waals surface area contributed by atoms with E-state index in [0.717, 1.165) is 12.8 Å². The van der Waals surface area contributed by atoms with Gasteiger partial charge < -0.3 is 25.8 Å². The standard InChI is InChI=1S/C26H39N3O4/c1-6-33-17-26(4,5)29-25(32)19(3)12-11-18(2)24(31)28-16-23(30)15-27-22-13-20-9-7-8-10-21(20)14-22/h7-12,22-23,27,30H,6,13-17H2,1-5H3,(H,28,31)(H,29,32)/b18-11+,19-12+. The van der Waals surface area contributed by atoms with Gasteiger partial charge in [0.1, 0.15) is 0 Å². The van der Waals surface area contributed by atoms with Gasteiger partial charge in [-0.2, -0.15) is 0 Å². The van der Waals surface area contributed by atoms with E-state index in [1.807, 2.05) is 32.9 Å². The monoisotopic (exact) mass is 457 g/mol. The molecule has 4 N–H and O–H groups in total. The number of carbonyl (C=O) groups is 2. The van der Waals surface area contributed by atoms with E-state index in [0.29, 0.717) is 36.9 Å². The highest BCUT2D eigenvalue weighted by Crippen LogP contribution is 2.21. The minimum Gasteiger partial charge on any atom is -0.390 e. The lowest BCUT2D eigenvalue weighted by atomic mass is 10.1. The highest BCUT2D eigenvalue weighted by Gasteiger charge is 2.22. The van der Waals surface area contributed by atoms with Crippen molar-refractivity contribution >= 4 is 11.8 Å². The van der Waals surface area contributed by atoms with Crippen LogP contribution in [0.4, 0.5) is 0 Å². The molecule has 0 spiro atoms. The maximum absolute atomic E-state index is 12.4. The first kappa shape index (κ1) is 26.8. The van der Waals surface area contributed by atoms with Gasteiger partial charge in [-0.25, -0.2) is 0 Å². The third kappa shape index (κ3) is 9.12. The smallest absolute Gasteiger partial charge is 0.247 e. The van der Waals surface area contributed by atoms with Crippen molar-refractivity contribution in [2.75, 3.05) is 26.3 Å². The number of fused-ring (bicyclic) bond motifs is 1. The molecule has 1 aliphatic carbocycles. The van der Waals surface area contributed by atoms with Crippen LogP contribution >= 0.6 is 0 Å². The van der Waals surface area contributed by atoms with Gasteiger partial charge in [-0.15, -0.1) is 0 Å². The van der Waals surface area contributed by atoms with Gasteiger partial charge in [-0.1, -0.05) is 36.4 Å². The fourth-order valence-electron chi connectivity index (χ4n) is 3.63. The second kappa shape index (κ2) is 12.7. The SMILES string of the molecule is CCOCC(C)(C)NC(=O)/C(C)=C/C=C(\C)C(=O)NCC(O)CNC1Cc2ccccc2C1. The van der Waals surface area contributed by atoms with Crippen molar-refractivity contribution in [1.29, 1.82) is 0 Å². The lowest BCUT2D eigenvalue weighted by Crippen LogP contribution is -2.47. The number of rotatable bonds is 12. The maximum atomic E-state index is 12.4. The van der Waals surface area contributed by atoms with Crippen LogP contribution in [0.2, 0.25) is 0 Å². The molecule has 7 nitrogen and oxygen atoms in total. The van der Waals surface area contributed by atoms with Gasteiger partial charge in [0.05, 0.1) is 18.2 Å². The third-order valence-electron chi connectivity index (χ3n) is 5.61. The number of nitrogens with one attached hydrogen (secondary N) is 3. The second-order valence-corrected chi connectivity index (χ2v) is 9.32. The van der Waals surface area contributed by atoms with Crippen LogP contribution in [-0.4, -0.2) is 60.9 Å². The van der Waals surface area contributed by atoms with Gasteiger partial charge in [-0.05, 0) is 58.6 Å². The number of carbonyl (C=O) groups excluding carboxylic acids is 2. The molecule has 1 atom stereocenters. The molecule has 33 heavy (non-hydrogen) atoms. The van der Waals surface area contributed by atoms with Crippen LogP contribution in [0, 0.1) is 0 Å². The van der Waals surface area contributed by atoms with Crippen molar-refractivity contribution < 1.29 is 19.4 Å². The van der Waals surface area contributed by atoms with Crippen molar-refractivity contribution in [1.82, 2.24) is 16.0 Å². The molecule has 0 aliphatic heterocycles. The number of amides is 2. The summed E-state index contributed by atoms with van der Waals surface area (Å²) in [5.74, 6) is -0.483. The molecule has 0 radical (unpaired) electrons. The first-order valence-electron chi connectivity index (χ1n) is 11.6. The summed E-state index contributed by atoms with van der Waals surface area (Å²) in [6, 6.07) is 8.70. The molecule has 7 heteroatoms. The summed E-state index contributed by atoms with van der Waals surface area (Å²) >= 11 is 0. The van der Waals surface area contributed by atoms with Crippen LogP contribution in [0.5, 0.6) is 0 Å². The third-order valence-corrected chi connectivity index (χ3v) is 5.61. The minimum absolute atomic E-state index is 0.158. The van der Waals surface area contributed by atoms with Crippen molar-refractivity contribution in [3.63, 3.8) is 0 Å². The number of hydrogen-bond acceptors (Lipinski definition) is 5.